The highest BCUT2D eigenvalue weighted by Gasteiger charge is 2.01. The molecule has 0 aromatic heterocycles. The predicted octanol–water partition coefficient (Wildman–Crippen LogP) is 1.77. The first kappa shape index (κ1) is 8.59. The number of nitrogens with zero attached hydrogens (tertiary/aromatic N) is 1. The maximum atomic E-state index is 7.09. The highest BCUT2D eigenvalue weighted by Crippen LogP contribution is 2.22. The van der Waals surface area contributed by atoms with Crippen LogP contribution in [0.1, 0.15) is 0 Å². The minimum Gasteiger partial charge on any atom is -0.386 e. The highest BCUT2D eigenvalue weighted by atomic mass is 15.1. The van der Waals surface area contributed by atoms with Crippen LogP contribution in [0.15, 0.2) is 24.3 Å². The molecule has 3 nitrogen and oxygen atoms in total. The zero-order valence-corrected chi connectivity index (χ0v) is 7.33. The first-order chi connectivity index (χ1) is 5.79. The van der Waals surface area contributed by atoms with Gasteiger partial charge in [-0.15, -0.1) is 0 Å². The average Bonchev–Trinajstić information content (AvgIpc) is 2.16. The van der Waals surface area contributed by atoms with Gasteiger partial charge in [-0.1, -0.05) is 12.1 Å². The molecule has 0 fully saturated rings. The molecule has 0 spiro atoms. The Morgan fingerprint density at radius 2 is 2.08 bits per heavy atom. The molecule has 0 aliphatic rings. The zero-order chi connectivity index (χ0) is 8.97. The van der Waals surface area contributed by atoms with Gasteiger partial charge in [-0.3, -0.25) is 5.41 Å². The van der Waals surface area contributed by atoms with Crippen molar-refractivity contribution in [3.8, 4) is 0 Å². The summed E-state index contributed by atoms with van der Waals surface area (Å²) in [7, 11) is 3.72. The Hall–Kier alpha value is -1.51. The lowest BCUT2D eigenvalue weighted by molar-refractivity contribution is 1.26. The summed E-state index contributed by atoms with van der Waals surface area (Å²) in [5.41, 5.74) is 2.04. The maximum Gasteiger partial charge on any atom is 0.0859 e. The summed E-state index contributed by atoms with van der Waals surface area (Å²) in [5.74, 6) is 0. The summed E-state index contributed by atoms with van der Waals surface area (Å²) in [4.78, 5) is 1.76. The van der Waals surface area contributed by atoms with Crippen molar-refractivity contribution >= 4 is 17.7 Å². The quantitative estimate of drug-likeness (QED) is 0.526. The molecule has 0 atom stereocenters. The maximum absolute atomic E-state index is 7.09. The van der Waals surface area contributed by atoms with E-state index in [1.807, 2.05) is 38.4 Å². The standard InChI is InChI=1S/C9H13N3/c1-11-8-5-3-4-6-9(8)12(2)7-10/h3-7,10-11H,1-2H3. The van der Waals surface area contributed by atoms with Gasteiger partial charge in [-0.25, -0.2) is 0 Å². The molecule has 0 aliphatic heterocycles. The van der Waals surface area contributed by atoms with Gasteiger partial charge in [0.25, 0.3) is 0 Å². The lowest BCUT2D eigenvalue weighted by Gasteiger charge is -2.16. The number of hydrogen-bond acceptors (Lipinski definition) is 2. The van der Waals surface area contributed by atoms with Crippen LogP contribution in [-0.4, -0.2) is 20.4 Å². The fourth-order valence-corrected chi connectivity index (χ4v) is 1.06. The van der Waals surface area contributed by atoms with Gasteiger partial charge in [0.2, 0.25) is 0 Å². The van der Waals surface area contributed by atoms with Crippen LogP contribution in [0.2, 0.25) is 0 Å². The molecule has 1 aromatic carbocycles. The summed E-state index contributed by atoms with van der Waals surface area (Å²) in [6.07, 6.45) is 1.29. The molecule has 1 rings (SSSR count). The van der Waals surface area contributed by atoms with Crippen molar-refractivity contribution in [2.45, 2.75) is 0 Å². The Morgan fingerprint density at radius 1 is 1.42 bits per heavy atom. The molecular weight excluding hydrogens is 150 g/mol. The molecule has 2 N–H and O–H groups in total. The van der Waals surface area contributed by atoms with Gasteiger partial charge >= 0.3 is 0 Å². The summed E-state index contributed by atoms with van der Waals surface area (Å²) < 4.78 is 0. The third-order valence-electron chi connectivity index (χ3n) is 1.75. The zero-order valence-electron chi connectivity index (χ0n) is 7.33. The number of benzene rings is 1. The third kappa shape index (κ3) is 1.56. The van der Waals surface area contributed by atoms with Crippen LogP contribution in [0, 0.1) is 5.41 Å². The van der Waals surface area contributed by atoms with Crippen LogP contribution in [0.5, 0.6) is 0 Å². The van der Waals surface area contributed by atoms with E-state index in [1.54, 1.807) is 4.90 Å². The van der Waals surface area contributed by atoms with Crippen molar-refractivity contribution < 1.29 is 0 Å². The van der Waals surface area contributed by atoms with Gasteiger partial charge in [-0.05, 0) is 12.1 Å². The molecule has 64 valence electrons. The van der Waals surface area contributed by atoms with E-state index < -0.39 is 0 Å². The van der Waals surface area contributed by atoms with E-state index in [9.17, 15) is 0 Å². The molecular formula is C9H13N3. The minimum atomic E-state index is 1.01. The van der Waals surface area contributed by atoms with Gasteiger partial charge in [0.05, 0.1) is 17.7 Å². The third-order valence-corrected chi connectivity index (χ3v) is 1.75. The van der Waals surface area contributed by atoms with E-state index in [2.05, 4.69) is 5.32 Å². The molecule has 0 radical (unpaired) electrons. The first-order valence-electron chi connectivity index (χ1n) is 3.80. The molecule has 0 amide bonds. The SMILES string of the molecule is CNc1ccccc1N(C)C=N. The smallest absolute Gasteiger partial charge is 0.0859 e. The monoisotopic (exact) mass is 163 g/mol. The lowest BCUT2D eigenvalue weighted by Crippen LogP contribution is -2.14. The topological polar surface area (TPSA) is 39.1 Å². The second kappa shape index (κ2) is 3.76. The summed E-state index contributed by atoms with van der Waals surface area (Å²) in [6.45, 7) is 0. The lowest BCUT2D eigenvalue weighted by atomic mass is 10.2. The average molecular weight is 163 g/mol. The van der Waals surface area contributed by atoms with Crippen molar-refractivity contribution in [2.75, 3.05) is 24.3 Å². The Labute approximate surface area is 72.5 Å². The van der Waals surface area contributed by atoms with Gasteiger partial charge in [0, 0.05) is 14.1 Å². The van der Waals surface area contributed by atoms with Crippen LogP contribution in [0.25, 0.3) is 0 Å². The Kier molecular flexibility index (Phi) is 2.69. The summed E-state index contributed by atoms with van der Waals surface area (Å²) in [6, 6.07) is 7.87. The van der Waals surface area contributed by atoms with Crippen LogP contribution >= 0.6 is 0 Å². The van der Waals surface area contributed by atoms with Gasteiger partial charge in [0.1, 0.15) is 0 Å². The molecule has 0 aliphatic carbocycles. The normalized spacial score (nSPS) is 9.17. The van der Waals surface area contributed by atoms with Crippen molar-refractivity contribution in [1.29, 1.82) is 5.41 Å². The van der Waals surface area contributed by atoms with E-state index in [4.69, 9.17) is 5.41 Å². The number of anilines is 2. The Morgan fingerprint density at radius 3 is 2.67 bits per heavy atom. The number of para-hydroxylation sites is 2. The van der Waals surface area contributed by atoms with E-state index in [-0.39, 0.29) is 0 Å². The largest absolute Gasteiger partial charge is 0.386 e. The Bertz CT molecular complexity index is 270. The van der Waals surface area contributed by atoms with Gasteiger partial charge in [0.15, 0.2) is 0 Å². The predicted molar refractivity (Wildman–Crippen MR) is 53.2 cm³/mol. The molecule has 0 saturated carbocycles. The molecule has 0 unspecified atom stereocenters. The van der Waals surface area contributed by atoms with Crippen molar-refractivity contribution in [3.63, 3.8) is 0 Å². The van der Waals surface area contributed by atoms with Crippen LogP contribution in [0.3, 0.4) is 0 Å². The van der Waals surface area contributed by atoms with Gasteiger partial charge in [-0.2, -0.15) is 0 Å². The van der Waals surface area contributed by atoms with Crippen molar-refractivity contribution in [3.05, 3.63) is 24.3 Å². The second-order valence-electron chi connectivity index (χ2n) is 2.51. The van der Waals surface area contributed by atoms with Crippen LogP contribution < -0.4 is 10.2 Å². The van der Waals surface area contributed by atoms with E-state index in [0.29, 0.717) is 0 Å². The van der Waals surface area contributed by atoms with Gasteiger partial charge < -0.3 is 10.2 Å². The van der Waals surface area contributed by atoms with Crippen LogP contribution in [-0.2, 0) is 0 Å². The molecule has 1 aromatic rings. The summed E-state index contributed by atoms with van der Waals surface area (Å²) >= 11 is 0. The Balaban J connectivity index is 3.04. The van der Waals surface area contributed by atoms with E-state index in [1.165, 1.54) is 6.34 Å². The fraction of sp³-hybridized carbons (Fsp3) is 0.222. The second-order valence-corrected chi connectivity index (χ2v) is 2.51. The van der Waals surface area contributed by atoms with Crippen molar-refractivity contribution in [2.24, 2.45) is 0 Å². The van der Waals surface area contributed by atoms with E-state index in [0.717, 1.165) is 11.4 Å². The number of hydrogen-bond donors (Lipinski definition) is 2. The molecule has 3 heteroatoms. The summed E-state index contributed by atoms with van der Waals surface area (Å²) in [5, 5.41) is 10.2. The molecule has 0 bridgehead atoms. The molecule has 12 heavy (non-hydrogen) atoms. The highest BCUT2D eigenvalue weighted by molar-refractivity contribution is 5.83. The number of nitrogens with one attached hydrogen (secondary N) is 2. The van der Waals surface area contributed by atoms with E-state index >= 15 is 0 Å². The minimum absolute atomic E-state index is 1.01. The molecule has 0 heterocycles. The number of rotatable bonds is 3. The van der Waals surface area contributed by atoms with Crippen molar-refractivity contribution in [1.82, 2.24) is 0 Å². The molecule has 0 saturated heterocycles. The first-order valence-corrected chi connectivity index (χ1v) is 3.80. The fourth-order valence-electron chi connectivity index (χ4n) is 1.06. The van der Waals surface area contributed by atoms with Crippen LogP contribution in [0.4, 0.5) is 11.4 Å².